The lowest BCUT2D eigenvalue weighted by molar-refractivity contribution is 0.0948. The van der Waals surface area contributed by atoms with Gasteiger partial charge < -0.3 is 9.73 Å². The van der Waals surface area contributed by atoms with Crippen molar-refractivity contribution in [1.29, 1.82) is 0 Å². The lowest BCUT2D eigenvalue weighted by Gasteiger charge is -2.10. The highest BCUT2D eigenvalue weighted by molar-refractivity contribution is 7.92. The molecule has 0 aliphatic heterocycles. The highest BCUT2D eigenvalue weighted by Crippen LogP contribution is 2.20. The smallest absolute Gasteiger partial charge is 0.262 e. The van der Waals surface area contributed by atoms with Crippen LogP contribution in [0.15, 0.2) is 70.2 Å². The van der Waals surface area contributed by atoms with Crippen LogP contribution in [0.5, 0.6) is 0 Å². The van der Waals surface area contributed by atoms with Crippen LogP contribution in [0.4, 0.5) is 14.5 Å². The van der Waals surface area contributed by atoms with E-state index in [4.69, 9.17) is 4.42 Å². The highest BCUT2D eigenvalue weighted by atomic mass is 32.2. The lowest BCUT2D eigenvalue weighted by Crippen LogP contribution is -2.23. The first-order valence-corrected chi connectivity index (χ1v) is 9.22. The first-order chi connectivity index (χ1) is 12.8. The number of carbonyl (C=O) groups excluding carboxylic acids is 1. The van der Waals surface area contributed by atoms with Gasteiger partial charge in [-0.2, -0.15) is 0 Å². The van der Waals surface area contributed by atoms with Gasteiger partial charge in [-0.1, -0.05) is 6.07 Å². The normalized spacial score (nSPS) is 11.2. The molecule has 0 aliphatic rings. The molecule has 1 heterocycles. The number of carbonyl (C=O) groups is 1. The van der Waals surface area contributed by atoms with Crippen molar-refractivity contribution in [1.82, 2.24) is 5.32 Å². The van der Waals surface area contributed by atoms with Gasteiger partial charge in [0.2, 0.25) is 0 Å². The summed E-state index contributed by atoms with van der Waals surface area (Å²) in [4.78, 5) is 12.0. The first-order valence-electron chi connectivity index (χ1n) is 7.74. The van der Waals surface area contributed by atoms with Crippen molar-refractivity contribution in [3.63, 3.8) is 0 Å². The number of benzene rings is 2. The van der Waals surface area contributed by atoms with Crippen LogP contribution in [0.1, 0.15) is 16.1 Å². The fraction of sp³-hybridized carbons (Fsp3) is 0.0556. The Kier molecular flexibility index (Phi) is 5.22. The molecular weight excluding hydrogens is 378 g/mol. The average molecular weight is 392 g/mol. The molecule has 3 aromatic rings. The van der Waals surface area contributed by atoms with Gasteiger partial charge in [0.25, 0.3) is 15.9 Å². The Labute approximate surface area is 153 Å². The minimum absolute atomic E-state index is 0.101. The monoisotopic (exact) mass is 392 g/mol. The number of halogens is 2. The third-order valence-electron chi connectivity index (χ3n) is 3.59. The lowest BCUT2D eigenvalue weighted by atomic mass is 10.2. The summed E-state index contributed by atoms with van der Waals surface area (Å²) in [6, 6.07) is 11.1. The van der Waals surface area contributed by atoms with Crippen molar-refractivity contribution in [2.24, 2.45) is 0 Å². The fourth-order valence-electron chi connectivity index (χ4n) is 2.26. The van der Waals surface area contributed by atoms with Crippen molar-refractivity contribution in [2.45, 2.75) is 11.4 Å². The number of amides is 1. The molecule has 1 aromatic heterocycles. The largest absolute Gasteiger partial charge is 0.467 e. The zero-order valence-electron chi connectivity index (χ0n) is 13.8. The molecule has 0 fully saturated rings. The Morgan fingerprint density at radius 3 is 2.56 bits per heavy atom. The molecule has 0 bridgehead atoms. The SMILES string of the molecule is O=C(NCc1ccco1)c1cccc(S(=O)(=O)Nc2ccc(F)cc2F)c1. The van der Waals surface area contributed by atoms with E-state index in [2.05, 4.69) is 5.32 Å². The van der Waals surface area contributed by atoms with E-state index in [0.29, 0.717) is 11.8 Å². The van der Waals surface area contributed by atoms with Gasteiger partial charge >= 0.3 is 0 Å². The summed E-state index contributed by atoms with van der Waals surface area (Å²) >= 11 is 0. The van der Waals surface area contributed by atoms with Crippen LogP contribution in [0, 0.1) is 11.6 Å². The minimum atomic E-state index is -4.17. The Bertz CT molecular complexity index is 1070. The molecule has 9 heteroatoms. The molecule has 0 radical (unpaired) electrons. The van der Waals surface area contributed by atoms with Gasteiger partial charge in [0.1, 0.15) is 17.4 Å². The predicted octanol–water partition coefficient (Wildman–Crippen LogP) is 3.29. The van der Waals surface area contributed by atoms with Crippen molar-refractivity contribution in [2.75, 3.05) is 4.72 Å². The molecule has 0 saturated heterocycles. The molecule has 0 unspecified atom stereocenters. The Morgan fingerprint density at radius 1 is 1.04 bits per heavy atom. The zero-order chi connectivity index (χ0) is 19.4. The standard InChI is InChI=1S/C18H14F2N2O4S/c19-13-6-7-17(16(20)10-13)22-27(24,25)15-5-1-3-12(9-15)18(23)21-11-14-4-2-8-26-14/h1-10,22H,11H2,(H,21,23). The van der Waals surface area contributed by atoms with Crippen molar-refractivity contribution >= 4 is 21.6 Å². The van der Waals surface area contributed by atoms with Crippen LogP contribution in [0.3, 0.4) is 0 Å². The molecule has 1 amide bonds. The van der Waals surface area contributed by atoms with E-state index in [-0.39, 0.29) is 17.0 Å². The Hall–Kier alpha value is -3.20. The quantitative estimate of drug-likeness (QED) is 0.674. The predicted molar refractivity (Wildman–Crippen MR) is 93.5 cm³/mol. The number of rotatable bonds is 6. The second kappa shape index (κ2) is 7.58. The maximum absolute atomic E-state index is 13.7. The van der Waals surface area contributed by atoms with E-state index in [1.807, 2.05) is 4.72 Å². The van der Waals surface area contributed by atoms with Gasteiger partial charge in [0.15, 0.2) is 0 Å². The highest BCUT2D eigenvalue weighted by Gasteiger charge is 2.18. The van der Waals surface area contributed by atoms with Gasteiger partial charge in [-0.25, -0.2) is 17.2 Å². The van der Waals surface area contributed by atoms with Gasteiger partial charge in [-0.15, -0.1) is 0 Å². The maximum atomic E-state index is 13.7. The molecule has 2 aromatic carbocycles. The van der Waals surface area contributed by atoms with Gasteiger partial charge in [0.05, 0.1) is 23.4 Å². The van der Waals surface area contributed by atoms with Crippen molar-refractivity contribution < 1.29 is 26.4 Å². The second-order valence-electron chi connectivity index (χ2n) is 5.52. The molecule has 0 saturated carbocycles. The summed E-state index contributed by atoms with van der Waals surface area (Å²) in [5, 5.41) is 2.60. The van der Waals surface area contributed by atoms with Gasteiger partial charge in [0, 0.05) is 11.6 Å². The molecule has 2 N–H and O–H groups in total. The van der Waals surface area contributed by atoms with E-state index >= 15 is 0 Å². The van der Waals surface area contributed by atoms with E-state index in [1.54, 1.807) is 12.1 Å². The molecular formula is C18H14F2N2O4S. The van der Waals surface area contributed by atoms with E-state index in [0.717, 1.165) is 18.2 Å². The number of anilines is 1. The Morgan fingerprint density at radius 2 is 1.85 bits per heavy atom. The second-order valence-corrected chi connectivity index (χ2v) is 7.20. The van der Waals surface area contributed by atoms with E-state index < -0.39 is 33.3 Å². The summed E-state index contributed by atoms with van der Waals surface area (Å²) in [6.07, 6.45) is 1.47. The summed E-state index contributed by atoms with van der Waals surface area (Å²) in [6.45, 7) is 0.141. The topological polar surface area (TPSA) is 88.4 Å². The third-order valence-corrected chi connectivity index (χ3v) is 4.95. The number of furan rings is 1. The average Bonchev–Trinajstić information content (AvgIpc) is 3.16. The summed E-state index contributed by atoms with van der Waals surface area (Å²) < 4.78 is 58.7. The molecule has 0 atom stereocenters. The van der Waals surface area contributed by atoms with Crippen LogP contribution in [0.25, 0.3) is 0 Å². The minimum Gasteiger partial charge on any atom is -0.467 e. The van der Waals surface area contributed by atoms with Crippen molar-refractivity contribution in [3.05, 3.63) is 83.8 Å². The fourth-order valence-corrected chi connectivity index (χ4v) is 3.38. The molecule has 3 rings (SSSR count). The number of nitrogens with one attached hydrogen (secondary N) is 2. The maximum Gasteiger partial charge on any atom is 0.262 e. The molecule has 6 nitrogen and oxygen atoms in total. The summed E-state index contributed by atoms with van der Waals surface area (Å²) in [5.41, 5.74) is -0.298. The van der Waals surface area contributed by atoms with Gasteiger partial charge in [-0.05, 0) is 42.5 Å². The van der Waals surface area contributed by atoms with Crippen LogP contribution in [-0.2, 0) is 16.6 Å². The van der Waals surface area contributed by atoms with Crippen LogP contribution in [-0.4, -0.2) is 14.3 Å². The molecule has 0 aliphatic carbocycles. The van der Waals surface area contributed by atoms with E-state index in [1.165, 1.54) is 24.5 Å². The third kappa shape index (κ3) is 4.50. The van der Waals surface area contributed by atoms with Crippen molar-refractivity contribution in [3.8, 4) is 0 Å². The summed E-state index contributed by atoms with van der Waals surface area (Å²) in [7, 11) is -4.17. The van der Waals surface area contributed by atoms with Crippen LogP contribution < -0.4 is 10.0 Å². The molecule has 0 spiro atoms. The van der Waals surface area contributed by atoms with E-state index in [9.17, 15) is 22.0 Å². The number of hydrogen-bond donors (Lipinski definition) is 2. The molecule has 140 valence electrons. The number of hydrogen-bond acceptors (Lipinski definition) is 4. The van der Waals surface area contributed by atoms with Crippen LogP contribution >= 0.6 is 0 Å². The first kappa shape index (κ1) is 18.6. The number of sulfonamides is 1. The summed E-state index contributed by atoms with van der Waals surface area (Å²) in [5.74, 6) is -1.84. The van der Waals surface area contributed by atoms with Gasteiger partial charge in [-0.3, -0.25) is 9.52 Å². The zero-order valence-corrected chi connectivity index (χ0v) is 14.6. The Balaban J connectivity index is 1.78. The van der Waals surface area contributed by atoms with Crippen LogP contribution in [0.2, 0.25) is 0 Å². The molecule has 27 heavy (non-hydrogen) atoms.